The Bertz CT molecular complexity index is 343. The van der Waals surface area contributed by atoms with E-state index < -0.39 is 0 Å². The molecule has 0 aliphatic heterocycles. The van der Waals surface area contributed by atoms with Crippen molar-refractivity contribution in [1.82, 2.24) is 4.98 Å². The number of hydrogen-bond donors (Lipinski definition) is 1. The lowest BCUT2D eigenvalue weighted by molar-refractivity contribution is 0.0315. The van der Waals surface area contributed by atoms with Crippen LogP contribution in [0.4, 0.5) is 5.82 Å². The average Bonchev–Trinajstić information content (AvgIpc) is 2.41. The van der Waals surface area contributed by atoms with E-state index in [2.05, 4.69) is 31.1 Å². The molecule has 0 aliphatic rings. The number of nitrogens with one attached hydrogen (secondary N) is 1. The highest BCUT2D eigenvalue weighted by Gasteiger charge is 2.02. The lowest BCUT2D eigenvalue weighted by Crippen LogP contribution is -2.10. The van der Waals surface area contributed by atoms with Crippen molar-refractivity contribution in [3.8, 4) is 0 Å². The summed E-state index contributed by atoms with van der Waals surface area (Å²) in [5.74, 6) is 1.50. The van der Waals surface area contributed by atoms with Crippen molar-refractivity contribution in [3.05, 3.63) is 23.9 Å². The fourth-order valence-corrected chi connectivity index (χ4v) is 1.58. The molecule has 108 valence electrons. The summed E-state index contributed by atoms with van der Waals surface area (Å²) in [6.07, 6.45) is 2.88. The molecule has 0 saturated heterocycles. The van der Waals surface area contributed by atoms with Gasteiger partial charge in [-0.2, -0.15) is 0 Å². The van der Waals surface area contributed by atoms with Crippen molar-refractivity contribution in [3.63, 3.8) is 0 Å². The van der Waals surface area contributed by atoms with E-state index in [0.717, 1.165) is 31.0 Å². The van der Waals surface area contributed by atoms with Gasteiger partial charge in [0.15, 0.2) is 0 Å². The van der Waals surface area contributed by atoms with Gasteiger partial charge >= 0.3 is 0 Å². The first-order valence-corrected chi connectivity index (χ1v) is 7.07. The van der Waals surface area contributed by atoms with Crippen molar-refractivity contribution in [1.29, 1.82) is 0 Å². The van der Waals surface area contributed by atoms with Gasteiger partial charge in [-0.25, -0.2) is 4.98 Å². The summed E-state index contributed by atoms with van der Waals surface area (Å²) in [5, 5.41) is 3.31. The molecule has 0 bridgehead atoms. The van der Waals surface area contributed by atoms with E-state index in [4.69, 9.17) is 9.47 Å². The van der Waals surface area contributed by atoms with Crippen molar-refractivity contribution >= 4 is 5.82 Å². The number of pyridine rings is 1. The molecule has 0 saturated carbocycles. The summed E-state index contributed by atoms with van der Waals surface area (Å²) in [5.41, 5.74) is 1.10. The molecule has 1 aromatic heterocycles. The molecule has 1 rings (SSSR count). The predicted molar refractivity (Wildman–Crippen MR) is 78.3 cm³/mol. The van der Waals surface area contributed by atoms with Crippen LogP contribution in [-0.4, -0.2) is 31.3 Å². The first kappa shape index (κ1) is 15.9. The van der Waals surface area contributed by atoms with Crippen molar-refractivity contribution in [2.45, 2.75) is 33.8 Å². The zero-order valence-corrected chi connectivity index (χ0v) is 12.3. The van der Waals surface area contributed by atoms with E-state index in [1.807, 2.05) is 12.1 Å². The second-order valence-electron chi connectivity index (χ2n) is 4.96. The minimum absolute atomic E-state index is 0.572. The Morgan fingerprint density at radius 1 is 1.26 bits per heavy atom. The number of rotatable bonds is 10. The highest BCUT2D eigenvalue weighted by Crippen LogP contribution is 2.12. The summed E-state index contributed by atoms with van der Waals surface area (Å²) < 4.78 is 11.1. The van der Waals surface area contributed by atoms with Gasteiger partial charge in [-0.05, 0) is 18.4 Å². The second kappa shape index (κ2) is 9.75. The molecular weight excluding hydrogens is 240 g/mol. The van der Waals surface area contributed by atoms with E-state index in [0.29, 0.717) is 25.7 Å². The van der Waals surface area contributed by atoms with Crippen LogP contribution < -0.4 is 5.32 Å². The Morgan fingerprint density at radius 2 is 2.05 bits per heavy atom. The third kappa shape index (κ3) is 7.13. The third-order valence-electron chi connectivity index (χ3n) is 2.51. The molecule has 0 radical (unpaired) electrons. The molecule has 1 N–H and O–H groups in total. The van der Waals surface area contributed by atoms with Crippen LogP contribution >= 0.6 is 0 Å². The van der Waals surface area contributed by atoms with Gasteiger partial charge < -0.3 is 14.8 Å². The molecule has 1 heterocycles. The molecule has 4 nitrogen and oxygen atoms in total. The highest BCUT2D eigenvalue weighted by atomic mass is 16.5. The molecular formula is C15H26N2O2. The van der Waals surface area contributed by atoms with Crippen molar-refractivity contribution < 1.29 is 9.47 Å². The standard InChI is InChI=1S/C15H26N2O2/c1-4-7-16-15-14(6-5-8-17-15)12-19-10-9-18-11-13(2)3/h5-6,8,13H,4,7,9-12H2,1-3H3,(H,16,17). The number of ether oxygens (including phenoxy) is 2. The van der Waals surface area contributed by atoms with Crippen LogP contribution in [0.2, 0.25) is 0 Å². The third-order valence-corrected chi connectivity index (χ3v) is 2.51. The number of nitrogens with zero attached hydrogens (tertiary/aromatic N) is 1. The molecule has 19 heavy (non-hydrogen) atoms. The van der Waals surface area contributed by atoms with E-state index in [1.165, 1.54) is 0 Å². The van der Waals surface area contributed by atoms with Gasteiger partial charge in [0, 0.05) is 24.9 Å². The second-order valence-corrected chi connectivity index (χ2v) is 4.96. The van der Waals surface area contributed by atoms with Crippen LogP contribution in [0.25, 0.3) is 0 Å². The van der Waals surface area contributed by atoms with Gasteiger partial charge in [0.1, 0.15) is 5.82 Å². The molecule has 1 aromatic rings. The SMILES string of the molecule is CCCNc1ncccc1COCCOCC(C)C. The Labute approximate surface area is 116 Å². The van der Waals surface area contributed by atoms with Gasteiger partial charge in [-0.3, -0.25) is 0 Å². The number of hydrogen-bond acceptors (Lipinski definition) is 4. The Kier molecular flexibility index (Phi) is 8.18. The molecule has 0 aliphatic carbocycles. The Balaban J connectivity index is 2.24. The topological polar surface area (TPSA) is 43.4 Å². The minimum atomic E-state index is 0.572. The van der Waals surface area contributed by atoms with Crippen LogP contribution in [0, 0.1) is 5.92 Å². The van der Waals surface area contributed by atoms with Gasteiger partial charge in [0.25, 0.3) is 0 Å². The minimum Gasteiger partial charge on any atom is -0.379 e. The van der Waals surface area contributed by atoms with Crippen molar-refractivity contribution in [2.75, 3.05) is 31.7 Å². The van der Waals surface area contributed by atoms with Crippen molar-refractivity contribution in [2.24, 2.45) is 5.92 Å². The molecule has 0 amide bonds. The molecule has 0 atom stereocenters. The van der Waals surface area contributed by atoms with E-state index >= 15 is 0 Å². The van der Waals surface area contributed by atoms with Gasteiger partial charge in [-0.1, -0.05) is 26.8 Å². The van der Waals surface area contributed by atoms with Gasteiger partial charge in [0.05, 0.1) is 19.8 Å². The molecule has 4 heteroatoms. The maximum Gasteiger partial charge on any atom is 0.131 e. The quantitative estimate of drug-likeness (QED) is 0.661. The molecule has 0 fully saturated rings. The van der Waals surface area contributed by atoms with E-state index in [1.54, 1.807) is 6.20 Å². The highest BCUT2D eigenvalue weighted by molar-refractivity contribution is 5.43. The van der Waals surface area contributed by atoms with Crippen LogP contribution in [0.3, 0.4) is 0 Å². The summed E-state index contributed by atoms with van der Waals surface area (Å²) in [7, 11) is 0. The van der Waals surface area contributed by atoms with E-state index in [-0.39, 0.29) is 0 Å². The first-order valence-electron chi connectivity index (χ1n) is 7.07. The van der Waals surface area contributed by atoms with Gasteiger partial charge in [0.2, 0.25) is 0 Å². The maximum absolute atomic E-state index is 5.62. The predicted octanol–water partition coefficient (Wildman–Crippen LogP) is 3.09. The summed E-state index contributed by atoms with van der Waals surface area (Å²) in [6, 6.07) is 3.98. The zero-order valence-electron chi connectivity index (χ0n) is 12.3. The average molecular weight is 266 g/mol. The van der Waals surface area contributed by atoms with E-state index in [9.17, 15) is 0 Å². The largest absolute Gasteiger partial charge is 0.379 e. The molecule has 0 unspecified atom stereocenters. The van der Waals surface area contributed by atoms with Crippen LogP contribution in [0.1, 0.15) is 32.8 Å². The smallest absolute Gasteiger partial charge is 0.131 e. The van der Waals surface area contributed by atoms with Crippen LogP contribution in [0.5, 0.6) is 0 Å². The fraction of sp³-hybridized carbons (Fsp3) is 0.667. The zero-order chi connectivity index (χ0) is 13.9. The lowest BCUT2D eigenvalue weighted by Gasteiger charge is -2.11. The Hall–Kier alpha value is -1.13. The maximum atomic E-state index is 5.62. The normalized spacial score (nSPS) is 10.9. The molecule has 0 aromatic carbocycles. The fourth-order valence-electron chi connectivity index (χ4n) is 1.58. The summed E-state index contributed by atoms with van der Waals surface area (Å²) >= 11 is 0. The summed E-state index contributed by atoms with van der Waals surface area (Å²) in [6.45, 7) is 9.99. The summed E-state index contributed by atoms with van der Waals surface area (Å²) in [4.78, 5) is 4.33. The first-order chi connectivity index (χ1) is 9.24. The Morgan fingerprint density at radius 3 is 2.79 bits per heavy atom. The lowest BCUT2D eigenvalue weighted by atomic mass is 10.2. The molecule has 0 spiro atoms. The van der Waals surface area contributed by atoms with Crippen LogP contribution in [0.15, 0.2) is 18.3 Å². The number of anilines is 1. The van der Waals surface area contributed by atoms with Crippen LogP contribution in [-0.2, 0) is 16.1 Å². The number of aromatic nitrogens is 1. The monoisotopic (exact) mass is 266 g/mol. The van der Waals surface area contributed by atoms with Gasteiger partial charge in [-0.15, -0.1) is 0 Å².